The molecule has 0 unspecified atom stereocenters. The van der Waals surface area contributed by atoms with Gasteiger partial charge in [0.1, 0.15) is 20.6 Å². The van der Waals surface area contributed by atoms with Gasteiger partial charge in [-0.1, -0.05) is 5.92 Å². The first-order chi connectivity index (χ1) is 6.27. The van der Waals surface area contributed by atoms with Crippen molar-refractivity contribution in [3.05, 3.63) is 0 Å². The molecule has 0 bridgehead atoms. The zero-order valence-electron chi connectivity index (χ0n) is 8.16. The summed E-state index contributed by atoms with van der Waals surface area (Å²) in [4.78, 5) is 0. The number of methoxy groups -OCH3 is 1. The topological polar surface area (TPSA) is 27.7 Å². The third-order valence-corrected chi connectivity index (χ3v) is 2.16. The van der Waals surface area contributed by atoms with Gasteiger partial charge in [0.15, 0.2) is 0 Å². The Morgan fingerprint density at radius 1 is 1.69 bits per heavy atom. The van der Waals surface area contributed by atoms with Crippen LogP contribution in [0, 0.1) is 12.3 Å². The largest absolute Gasteiger partial charge is 0.379 e. The fraction of sp³-hybridized carbons (Fsp3) is 0.778. The zero-order chi connectivity index (χ0) is 9.68. The fourth-order valence-electron chi connectivity index (χ4n) is 1.55. The summed E-state index contributed by atoms with van der Waals surface area (Å²) >= 11 is 0. The van der Waals surface area contributed by atoms with E-state index in [0.717, 1.165) is 6.42 Å². The summed E-state index contributed by atoms with van der Waals surface area (Å²) < 4.78 is 16.1. The Bertz CT molecular complexity index is 190. The highest BCUT2D eigenvalue weighted by atomic mass is 16.6. The Kier molecular flexibility index (Phi) is 4.30. The molecule has 0 N–H and O–H groups in total. The van der Waals surface area contributed by atoms with Crippen LogP contribution in [0.3, 0.4) is 0 Å². The minimum absolute atomic E-state index is 0.0355. The van der Waals surface area contributed by atoms with Crippen molar-refractivity contribution in [1.29, 1.82) is 0 Å². The normalized spacial score (nSPS) is 33.1. The Balaban J connectivity index is 2.27. The van der Waals surface area contributed by atoms with Crippen LogP contribution in [-0.2, 0) is 14.2 Å². The summed E-state index contributed by atoms with van der Waals surface area (Å²) in [7, 11) is 3.73. The number of hydrogen-bond acceptors (Lipinski definition) is 3. The minimum Gasteiger partial charge on any atom is -0.379 e. The van der Waals surface area contributed by atoms with Crippen LogP contribution in [0.1, 0.15) is 6.42 Å². The first kappa shape index (κ1) is 10.6. The van der Waals surface area contributed by atoms with Crippen molar-refractivity contribution in [2.45, 2.75) is 24.6 Å². The Hall–Kier alpha value is -0.495. The molecule has 0 radical (unpaired) electrons. The molecule has 0 aromatic rings. The Morgan fingerprint density at radius 3 is 3.08 bits per heavy atom. The second-order valence-electron chi connectivity index (χ2n) is 3.21. The molecule has 1 heterocycles. The maximum Gasteiger partial charge on any atom is 0.139 e. The van der Waals surface area contributed by atoms with E-state index in [-0.39, 0.29) is 18.2 Å². The van der Waals surface area contributed by atoms with Crippen LogP contribution < -0.4 is 0 Å². The maximum absolute atomic E-state index is 5.59. The number of ether oxygens (including phenoxy) is 3. The fourth-order valence-corrected chi connectivity index (χ4v) is 1.55. The van der Waals surface area contributed by atoms with E-state index in [0.29, 0.717) is 13.2 Å². The standard InChI is InChI=1S/C9H15BO3/c1-3-4-12-6-8-7(11-2)5-9(10)13-8/h1,7-9H,4-6,10H2,2H3/t7-,8-,9-/m1/s1. The first-order valence-electron chi connectivity index (χ1n) is 4.47. The highest BCUT2D eigenvalue weighted by Crippen LogP contribution is 2.20. The molecule has 3 atom stereocenters. The molecule has 1 aliphatic rings. The van der Waals surface area contributed by atoms with E-state index in [1.54, 1.807) is 7.11 Å². The van der Waals surface area contributed by atoms with Crippen LogP contribution in [0.2, 0.25) is 0 Å². The van der Waals surface area contributed by atoms with E-state index < -0.39 is 0 Å². The summed E-state index contributed by atoms with van der Waals surface area (Å²) in [5.74, 6) is 2.42. The summed E-state index contributed by atoms with van der Waals surface area (Å²) in [5, 5.41) is 0. The highest BCUT2D eigenvalue weighted by Gasteiger charge is 2.32. The molecule has 1 rings (SSSR count). The van der Waals surface area contributed by atoms with Gasteiger partial charge in [-0.3, -0.25) is 0 Å². The van der Waals surface area contributed by atoms with Crippen LogP contribution in [0.15, 0.2) is 0 Å². The maximum atomic E-state index is 5.59. The van der Waals surface area contributed by atoms with Crippen molar-refractivity contribution in [3.8, 4) is 12.3 Å². The van der Waals surface area contributed by atoms with Gasteiger partial charge in [0.2, 0.25) is 0 Å². The predicted molar refractivity (Wildman–Crippen MR) is 52.3 cm³/mol. The van der Waals surface area contributed by atoms with Crippen molar-refractivity contribution in [1.82, 2.24) is 0 Å². The van der Waals surface area contributed by atoms with Gasteiger partial charge in [-0.05, 0) is 6.42 Å². The monoisotopic (exact) mass is 182 g/mol. The molecule has 0 aromatic heterocycles. The number of terminal acetylenes is 1. The molecule has 3 nitrogen and oxygen atoms in total. The molecule has 0 saturated carbocycles. The molecular weight excluding hydrogens is 167 g/mol. The van der Waals surface area contributed by atoms with Crippen LogP contribution in [0.4, 0.5) is 0 Å². The lowest BCUT2D eigenvalue weighted by Gasteiger charge is -2.16. The van der Waals surface area contributed by atoms with Crippen LogP contribution in [0.25, 0.3) is 0 Å². The second kappa shape index (κ2) is 5.28. The van der Waals surface area contributed by atoms with Gasteiger partial charge >= 0.3 is 0 Å². The van der Waals surface area contributed by atoms with Gasteiger partial charge in [0.25, 0.3) is 0 Å². The molecular formula is C9H15BO3. The summed E-state index contributed by atoms with van der Waals surface area (Å²) in [6.45, 7) is 0.859. The predicted octanol–water partition coefficient (Wildman–Crippen LogP) is -0.601. The van der Waals surface area contributed by atoms with Gasteiger partial charge in [-0.25, -0.2) is 0 Å². The van der Waals surface area contributed by atoms with E-state index in [1.165, 1.54) is 0 Å². The SMILES string of the molecule is B[C@H]1C[C@@H](OC)[C@@H](COCC#C)O1. The third-order valence-electron chi connectivity index (χ3n) is 2.16. The van der Waals surface area contributed by atoms with Crippen molar-refractivity contribution in [3.63, 3.8) is 0 Å². The minimum atomic E-state index is 0.0355. The van der Waals surface area contributed by atoms with E-state index in [1.807, 2.05) is 7.85 Å². The quantitative estimate of drug-likeness (QED) is 0.330. The summed E-state index contributed by atoms with van der Waals surface area (Å²) in [5.41, 5.74) is 0. The van der Waals surface area contributed by atoms with Crippen molar-refractivity contribution < 1.29 is 14.2 Å². The third kappa shape index (κ3) is 3.04. The van der Waals surface area contributed by atoms with Crippen LogP contribution in [0.5, 0.6) is 0 Å². The van der Waals surface area contributed by atoms with Crippen molar-refractivity contribution >= 4 is 7.85 Å². The molecule has 4 heteroatoms. The number of hydrogen-bond donors (Lipinski definition) is 0. The van der Waals surface area contributed by atoms with E-state index in [2.05, 4.69) is 5.92 Å². The molecule has 0 aromatic carbocycles. The summed E-state index contributed by atoms with van der Waals surface area (Å²) in [6, 6.07) is 0.254. The van der Waals surface area contributed by atoms with E-state index >= 15 is 0 Å². The van der Waals surface area contributed by atoms with Crippen LogP contribution in [-0.4, -0.2) is 46.4 Å². The Labute approximate surface area is 80.1 Å². The lowest BCUT2D eigenvalue weighted by molar-refractivity contribution is -0.0367. The molecule has 13 heavy (non-hydrogen) atoms. The van der Waals surface area contributed by atoms with Crippen LogP contribution >= 0.6 is 0 Å². The molecule has 1 aliphatic heterocycles. The average molecular weight is 182 g/mol. The highest BCUT2D eigenvalue weighted by molar-refractivity contribution is 6.11. The molecule has 1 fully saturated rings. The summed E-state index contributed by atoms with van der Waals surface area (Å²) in [6.07, 6.45) is 6.17. The molecule has 72 valence electrons. The van der Waals surface area contributed by atoms with Gasteiger partial charge in [0, 0.05) is 13.1 Å². The van der Waals surface area contributed by atoms with Gasteiger partial charge in [0.05, 0.1) is 12.7 Å². The van der Waals surface area contributed by atoms with Gasteiger partial charge in [-0.2, -0.15) is 0 Å². The molecule has 0 amide bonds. The zero-order valence-corrected chi connectivity index (χ0v) is 8.16. The molecule has 0 spiro atoms. The number of rotatable bonds is 4. The van der Waals surface area contributed by atoms with Gasteiger partial charge < -0.3 is 14.2 Å². The van der Waals surface area contributed by atoms with E-state index in [9.17, 15) is 0 Å². The van der Waals surface area contributed by atoms with Gasteiger partial charge in [-0.15, -0.1) is 6.42 Å². The average Bonchev–Trinajstić information content (AvgIpc) is 2.47. The van der Waals surface area contributed by atoms with Crippen molar-refractivity contribution in [2.24, 2.45) is 0 Å². The first-order valence-corrected chi connectivity index (χ1v) is 4.47. The lowest BCUT2D eigenvalue weighted by atomic mass is 9.96. The van der Waals surface area contributed by atoms with Crippen molar-refractivity contribution in [2.75, 3.05) is 20.3 Å². The van der Waals surface area contributed by atoms with E-state index in [4.69, 9.17) is 20.6 Å². The Morgan fingerprint density at radius 2 is 2.46 bits per heavy atom. The molecule has 1 saturated heterocycles. The second-order valence-corrected chi connectivity index (χ2v) is 3.21. The lowest BCUT2D eigenvalue weighted by Crippen LogP contribution is -2.28. The smallest absolute Gasteiger partial charge is 0.139 e. The molecule has 0 aliphatic carbocycles.